The summed E-state index contributed by atoms with van der Waals surface area (Å²) in [6, 6.07) is 14.6. The van der Waals surface area contributed by atoms with Crippen molar-refractivity contribution < 1.29 is 4.79 Å². The molecule has 1 aromatic heterocycles. The van der Waals surface area contributed by atoms with Crippen LogP contribution in [0.15, 0.2) is 42.5 Å². The van der Waals surface area contributed by atoms with E-state index in [1.165, 1.54) is 12.0 Å². The van der Waals surface area contributed by atoms with Crippen molar-refractivity contribution in [1.29, 1.82) is 0 Å². The van der Waals surface area contributed by atoms with Gasteiger partial charge >= 0.3 is 0 Å². The summed E-state index contributed by atoms with van der Waals surface area (Å²) in [5, 5.41) is 0. The van der Waals surface area contributed by atoms with Gasteiger partial charge in [-0.1, -0.05) is 37.3 Å². The molecule has 1 aliphatic rings. The highest BCUT2D eigenvalue weighted by Gasteiger charge is 2.24. The molecule has 1 aromatic carbocycles. The lowest BCUT2D eigenvalue weighted by atomic mass is 9.90. The van der Waals surface area contributed by atoms with Crippen molar-refractivity contribution in [3.05, 3.63) is 59.4 Å². The maximum Gasteiger partial charge on any atom is 0.270 e. The van der Waals surface area contributed by atoms with Crippen LogP contribution in [0.2, 0.25) is 0 Å². The van der Waals surface area contributed by atoms with Crippen LogP contribution < -0.4 is 0 Å². The van der Waals surface area contributed by atoms with Crippen molar-refractivity contribution in [3.63, 3.8) is 0 Å². The summed E-state index contributed by atoms with van der Waals surface area (Å²) in [6.45, 7) is 3.87. The topological polar surface area (TPSA) is 36.1 Å². The predicted octanol–water partition coefficient (Wildman–Crippen LogP) is 4.06. The van der Waals surface area contributed by atoms with Crippen LogP contribution in [-0.4, -0.2) is 28.9 Å². The minimum atomic E-state index is 0.159. The fourth-order valence-electron chi connectivity index (χ4n) is 3.38. The Morgan fingerprint density at radius 2 is 1.87 bits per heavy atom. The molecular formula is C20H26N2O. The first-order valence-corrected chi connectivity index (χ1v) is 8.77. The van der Waals surface area contributed by atoms with Crippen molar-refractivity contribution in [1.82, 2.24) is 9.88 Å². The van der Waals surface area contributed by atoms with E-state index in [9.17, 15) is 4.79 Å². The van der Waals surface area contributed by atoms with Gasteiger partial charge in [0.15, 0.2) is 0 Å². The number of carbonyl (C=O) groups excluding carboxylic acids is 1. The smallest absolute Gasteiger partial charge is 0.270 e. The maximum absolute atomic E-state index is 12.5. The first kappa shape index (κ1) is 15.9. The minimum absolute atomic E-state index is 0.159. The van der Waals surface area contributed by atoms with Crippen LogP contribution in [0.3, 0.4) is 0 Å². The van der Waals surface area contributed by atoms with E-state index in [2.05, 4.69) is 42.2 Å². The van der Waals surface area contributed by atoms with Gasteiger partial charge in [0.05, 0.1) is 0 Å². The number of hydrogen-bond acceptors (Lipinski definition) is 1. The molecule has 0 bridgehead atoms. The average molecular weight is 310 g/mol. The van der Waals surface area contributed by atoms with Crippen LogP contribution >= 0.6 is 0 Å². The molecule has 1 N–H and O–H groups in total. The number of aryl methyl sites for hydroxylation is 2. The molecule has 0 spiro atoms. The number of carbonyl (C=O) groups is 1. The third kappa shape index (κ3) is 4.04. The fraction of sp³-hybridized carbons (Fsp3) is 0.450. The molecule has 2 aromatic rings. The summed E-state index contributed by atoms with van der Waals surface area (Å²) in [4.78, 5) is 17.7. The van der Waals surface area contributed by atoms with Gasteiger partial charge in [-0.25, -0.2) is 0 Å². The highest BCUT2D eigenvalue weighted by Crippen LogP contribution is 2.23. The van der Waals surface area contributed by atoms with Gasteiger partial charge in [0.1, 0.15) is 5.69 Å². The lowest BCUT2D eigenvalue weighted by Crippen LogP contribution is -2.38. The van der Waals surface area contributed by atoms with Crippen molar-refractivity contribution in [2.45, 2.75) is 39.0 Å². The number of nitrogens with zero attached hydrogens (tertiary/aromatic N) is 1. The fourth-order valence-corrected chi connectivity index (χ4v) is 3.38. The number of H-pyrrole nitrogens is 1. The van der Waals surface area contributed by atoms with E-state index in [4.69, 9.17) is 0 Å². The van der Waals surface area contributed by atoms with Gasteiger partial charge in [-0.2, -0.15) is 0 Å². The van der Waals surface area contributed by atoms with Crippen LogP contribution in [-0.2, 0) is 12.8 Å². The van der Waals surface area contributed by atoms with Crippen molar-refractivity contribution >= 4 is 5.91 Å². The highest BCUT2D eigenvalue weighted by atomic mass is 16.2. The number of aromatic nitrogens is 1. The number of hydrogen-bond donors (Lipinski definition) is 1. The minimum Gasteiger partial charge on any atom is -0.354 e. The predicted molar refractivity (Wildman–Crippen MR) is 93.6 cm³/mol. The Morgan fingerprint density at radius 1 is 1.13 bits per heavy atom. The van der Waals surface area contributed by atoms with Crippen LogP contribution in [0.5, 0.6) is 0 Å². The second-order valence-electron chi connectivity index (χ2n) is 6.51. The van der Waals surface area contributed by atoms with E-state index in [1.54, 1.807) is 0 Å². The molecule has 1 fully saturated rings. The van der Waals surface area contributed by atoms with Gasteiger partial charge in [-0.05, 0) is 55.7 Å². The number of nitrogens with one attached hydrogen (secondary N) is 1. The zero-order valence-electron chi connectivity index (χ0n) is 13.9. The zero-order valence-corrected chi connectivity index (χ0v) is 13.9. The summed E-state index contributed by atoms with van der Waals surface area (Å²) in [5.74, 6) is 0.903. The van der Waals surface area contributed by atoms with Crippen LogP contribution in [0.1, 0.15) is 47.9 Å². The Labute approximate surface area is 138 Å². The maximum atomic E-state index is 12.5. The van der Waals surface area contributed by atoms with Gasteiger partial charge in [-0.3, -0.25) is 4.79 Å². The Bertz CT molecular complexity index is 624. The Balaban J connectivity index is 1.47. The molecule has 3 nitrogen and oxygen atoms in total. The molecule has 0 aliphatic carbocycles. The van der Waals surface area contributed by atoms with Crippen LogP contribution in [0.25, 0.3) is 0 Å². The summed E-state index contributed by atoms with van der Waals surface area (Å²) in [7, 11) is 0. The molecule has 0 atom stereocenters. The summed E-state index contributed by atoms with van der Waals surface area (Å²) in [5.41, 5.74) is 3.29. The molecule has 3 heteroatoms. The molecule has 122 valence electrons. The lowest BCUT2D eigenvalue weighted by Gasteiger charge is -2.31. The van der Waals surface area contributed by atoms with E-state index in [-0.39, 0.29) is 5.91 Å². The quantitative estimate of drug-likeness (QED) is 0.888. The molecule has 23 heavy (non-hydrogen) atoms. The van der Waals surface area contributed by atoms with Gasteiger partial charge < -0.3 is 9.88 Å². The third-order valence-corrected chi connectivity index (χ3v) is 4.94. The van der Waals surface area contributed by atoms with E-state index >= 15 is 0 Å². The standard InChI is InChI=1S/C20H26N2O/c1-2-18-10-11-19(21-18)20(23)22-14-12-17(13-15-22)9-8-16-6-4-3-5-7-16/h3-7,10-11,17,21H,2,8-9,12-15H2,1H3. The molecule has 0 saturated carbocycles. The van der Waals surface area contributed by atoms with Crippen molar-refractivity contribution in [2.75, 3.05) is 13.1 Å². The number of piperidine rings is 1. The SMILES string of the molecule is CCc1ccc(C(=O)N2CCC(CCc3ccccc3)CC2)[nH]1. The highest BCUT2D eigenvalue weighted by molar-refractivity contribution is 5.92. The average Bonchev–Trinajstić information content (AvgIpc) is 3.10. The van der Waals surface area contributed by atoms with Gasteiger partial charge in [0, 0.05) is 18.8 Å². The molecule has 3 rings (SSSR count). The van der Waals surface area contributed by atoms with Gasteiger partial charge in [0.2, 0.25) is 0 Å². The number of rotatable bonds is 5. The summed E-state index contributed by atoms with van der Waals surface area (Å²) < 4.78 is 0. The molecular weight excluding hydrogens is 284 g/mol. The molecule has 0 radical (unpaired) electrons. The number of amides is 1. The number of aromatic amines is 1. The largest absolute Gasteiger partial charge is 0.354 e. The van der Waals surface area contributed by atoms with E-state index < -0.39 is 0 Å². The first-order chi connectivity index (χ1) is 11.3. The second-order valence-corrected chi connectivity index (χ2v) is 6.51. The third-order valence-electron chi connectivity index (χ3n) is 4.94. The molecule has 1 amide bonds. The number of benzene rings is 1. The summed E-state index contributed by atoms with van der Waals surface area (Å²) >= 11 is 0. The van der Waals surface area contributed by atoms with E-state index in [1.807, 2.05) is 17.0 Å². The Hall–Kier alpha value is -2.03. The zero-order chi connectivity index (χ0) is 16.1. The molecule has 0 unspecified atom stereocenters. The van der Waals surface area contributed by atoms with Crippen molar-refractivity contribution in [3.8, 4) is 0 Å². The molecule has 1 aliphatic heterocycles. The van der Waals surface area contributed by atoms with E-state index in [0.29, 0.717) is 0 Å². The van der Waals surface area contributed by atoms with Crippen molar-refractivity contribution in [2.24, 2.45) is 5.92 Å². The molecule has 1 saturated heterocycles. The monoisotopic (exact) mass is 310 g/mol. The van der Waals surface area contributed by atoms with E-state index in [0.717, 1.165) is 56.1 Å². The van der Waals surface area contributed by atoms with Crippen LogP contribution in [0, 0.1) is 5.92 Å². The normalized spacial score (nSPS) is 15.8. The second kappa shape index (κ2) is 7.49. The van der Waals surface area contributed by atoms with Gasteiger partial charge in [-0.15, -0.1) is 0 Å². The van der Waals surface area contributed by atoms with Crippen LogP contribution in [0.4, 0.5) is 0 Å². The molecule has 2 heterocycles. The Morgan fingerprint density at radius 3 is 2.52 bits per heavy atom. The van der Waals surface area contributed by atoms with Gasteiger partial charge in [0.25, 0.3) is 5.91 Å². The Kier molecular flexibility index (Phi) is 5.16. The summed E-state index contributed by atoms with van der Waals surface area (Å²) in [6.07, 6.45) is 5.57. The number of likely N-dealkylation sites (tertiary alicyclic amines) is 1. The lowest BCUT2D eigenvalue weighted by molar-refractivity contribution is 0.0681. The first-order valence-electron chi connectivity index (χ1n) is 8.77.